The van der Waals surface area contributed by atoms with Crippen LogP contribution in [-0.2, 0) is 17.6 Å². The number of rotatable bonds is 11. The van der Waals surface area contributed by atoms with Gasteiger partial charge in [-0.3, -0.25) is 4.79 Å². The smallest absolute Gasteiger partial charge is 0.220 e. The minimum absolute atomic E-state index is 0.0554. The van der Waals surface area contributed by atoms with Crippen LogP contribution in [0.5, 0.6) is 11.5 Å². The van der Waals surface area contributed by atoms with Gasteiger partial charge in [-0.25, -0.2) is 0 Å². The predicted molar refractivity (Wildman–Crippen MR) is 116 cm³/mol. The van der Waals surface area contributed by atoms with Gasteiger partial charge in [-0.2, -0.15) is 0 Å². The van der Waals surface area contributed by atoms with Gasteiger partial charge < -0.3 is 19.3 Å². The predicted octanol–water partition coefficient (Wildman–Crippen LogP) is 4.43. The zero-order valence-corrected chi connectivity index (χ0v) is 17.5. The minimum atomic E-state index is 0.0554. The highest BCUT2D eigenvalue weighted by Gasteiger charge is 2.08. The molecular weight excluding hydrogens is 380 g/mol. The molecule has 0 aliphatic heterocycles. The first-order valence-electron chi connectivity index (χ1n) is 10.3. The topological polar surface area (TPSA) is 73.6 Å². The van der Waals surface area contributed by atoms with Crippen LogP contribution in [0.3, 0.4) is 0 Å². The maximum absolute atomic E-state index is 12.1. The van der Waals surface area contributed by atoms with Crippen LogP contribution in [0.15, 0.2) is 59.1 Å². The Hall–Kier alpha value is -3.28. The Morgan fingerprint density at radius 2 is 1.77 bits per heavy atom. The van der Waals surface area contributed by atoms with E-state index >= 15 is 0 Å². The molecule has 2 aromatic carbocycles. The first-order chi connectivity index (χ1) is 14.7. The fraction of sp³-hybridized carbons (Fsp3) is 0.333. The van der Waals surface area contributed by atoms with Crippen LogP contribution < -0.4 is 14.8 Å². The van der Waals surface area contributed by atoms with E-state index in [1.54, 1.807) is 7.11 Å². The largest absolute Gasteiger partial charge is 0.497 e. The number of methoxy groups -OCH3 is 1. The van der Waals surface area contributed by atoms with Gasteiger partial charge in [-0.1, -0.05) is 17.3 Å². The molecule has 158 valence electrons. The van der Waals surface area contributed by atoms with Gasteiger partial charge in [0, 0.05) is 24.6 Å². The number of benzene rings is 2. The third-order valence-corrected chi connectivity index (χ3v) is 4.74. The van der Waals surface area contributed by atoms with E-state index in [2.05, 4.69) is 10.5 Å². The molecule has 6 heteroatoms. The second-order valence-corrected chi connectivity index (χ2v) is 6.94. The molecule has 1 aromatic heterocycles. The summed E-state index contributed by atoms with van der Waals surface area (Å²) in [4.78, 5) is 12.1. The highest BCUT2D eigenvalue weighted by atomic mass is 16.5. The molecule has 3 rings (SSSR count). The summed E-state index contributed by atoms with van der Waals surface area (Å²) in [5.74, 6) is 2.44. The van der Waals surface area contributed by atoms with Crippen molar-refractivity contribution in [1.29, 1.82) is 0 Å². The van der Waals surface area contributed by atoms with Crippen molar-refractivity contribution in [3.63, 3.8) is 0 Å². The third-order valence-electron chi connectivity index (χ3n) is 4.74. The van der Waals surface area contributed by atoms with Gasteiger partial charge in [0.1, 0.15) is 11.5 Å². The first kappa shape index (κ1) is 21.4. The average molecular weight is 408 g/mol. The number of ether oxygens (including phenoxy) is 2. The van der Waals surface area contributed by atoms with Crippen molar-refractivity contribution < 1.29 is 18.8 Å². The maximum atomic E-state index is 12.1. The lowest BCUT2D eigenvalue weighted by atomic mass is 10.1. The van der Waals surface area contributed by atoms with Crippen molar-refractivity contribution in [1.82, 2.24) is 10.5 Å². The van der Waals surface area contributed by atoms with Gasteiger partial charge in [0.15, 0.2) is 5.76 Å². The Morgan fingerprint density at radius 1 is 1.03 bits per heavy atom. The van der Waals surface area contributed by atoms with Crippen molar-refractivity contribution in [2.24, 2.45) is 0 Å². The fourth-order valence-corrected chi connectivity index (χ4v) is 3.10. The summed E-state index contributed by atoms with van der Waals surface area (Å²) < 4.78 is 16.0. The van der Waals surface area contributed by atoms with Crippen molar-refractivity contribution in [2.45, 2.75) is 32.6 Å². The monoisotopic (exact) mass is 408 g/mol. The quantitative estimate of drug-likeness (QED) is 0.508. The molecule has 0 aliphatic carbocycles. The highest BCUT2D eigenvalue weighted by Crippen LogP contribution is 2.23. The normalized spacial score (nSPS) is 10.6. The third kappa shape index (κ3) is 6.37. The van der Waals surface area contributed by atoms with E-state index in [9.17, 15) is 4.79 Å². The summed E-state index contributed by atoms with van der Waals surface area (Å²) in [6.45, 7) is 3.25. The second kappa shape index (κ2) is 11.0. The molecule has 0 bridgehead atoms. The number of carbonyl (C=O) groups is 1. The first-order valence-corrected chi connectivity index (χ1v) is 10.3. The van der Waals surface area contributed by atoms with Crippen molar-refractivity contribution in [2.75, 3.05) is 20.3 Å². The Bertz CT molecular complexity index is 917. The van der Waals surface area contributed by atoms with Gasteiger partial charge in [-0.15, -0.1) is 0 Å². The standard InChI is InChI=1S/C24H28N2O4/c1-3-29-22-11-7-18(8-12-22)15-16-25-24(27)6-4-5-20-17-23(30-26-20)19-9-13-21(28-2)14-10-19/h7-14,17H,3-6,15-16H2,1-2H3,(H,25,27). The molecule has 0 spiro atoms. The summed E-state index contributed by atoms with van der Waals surface area (Å²) in [6, 6.07) is 17.5. The van der Waals surface area contributed by atoms with Crippen molar-refractivity contribution >= 4 is 5.91 Å². The van der Waals surface area contributed by atoms with E-state index in [-0.39, 0.29) is 5.91 Å². The molecule has 0 saturated carbocycles. The van der Waals surface area contributed by atoms with E-state index in [1.807, 2.05) is 61.5 Å². The van der Waals surface area contributed by atoms with E-state index in [4.69, 9.17) is 14.0 Å². The van der Waals surface area contributed by atoms with Gasteiger partial charge >= 0.3 is 0 Å². The van der Waals surface area contributed by atoms with Crippen LogP contribution in [0, 0.1) is 0 Å². The summed E-state index contributed by atoms with van der Waals surface area (Å²) in [6.07, 6.45) is 2.69. The fourth-order valence-electron chi connectivity index (χ4n) is 3.10. The Labute approximate surface area is 177 Å². The van der Waals surface area contributed by atoms with E-state index in [0.717, 1.165) is 35.6 Å². The van der Waals surface area contributed by atoms with Gasteiger partial charge in [0.05, 0.1) is 19.4 Å². The number of hydrogen-bond donors (Lipinski definition) is 1. The molecule has 3 aromatic rings. The van der Waals surface area contributed by atoms with Crippen LogP contribution in [0.25, 0.3) is 11.3 Å². The number of hydrogen-bond acceptors (Lipinski definition) is 5. The lowest BCUT2D eigenvalue weighted by Crippen LogP contribution is -2.25. The SMILES string of the molecule is CCOc1ccc(CCNC(=O)CCCc2cc(-c3ccc(OC)cc3)on2)cc1. The molecule has 0 saturated heterocycles. The number of amides is 1. The molecule has 1 amide bonds. The highest BCUT2D eigenvalue weighted by molar-refractivity contribution is 5.75. The number of aryl methyl sites for hydroxylation is 1. The Balaban J connectivity index is 1.35. The molecular formula is C24H28N2O4. The molecule has 0 radical (unpaired) electrons. The number of carbonyl (C=O) groups excluding carboxylic acids is 1. The van der Waals surface area contributed by atoms with E-state index in [0.29, 0.717) is 31.8 Å². The van der Waals surface area contributed by atoms with Crippen LogP contribution in [-0.4, -0.2) is 31.3 Å². The van der Waals surface area contributed by atoms with Crippen LogP contribution in [0.4, 0.5) is 0 Å². The van der Waals surface area contributed by atoms with Crippen LogP contribution in [0.1, 0.15) is 31.0 Å². The maximum Gasteiger partial charge on any atom is 0.220 e. The molecule has 0 unspecified atom stereocenters. The second-order valence-electron chi connectivity index (χ2n) is 6.94. The van der Waals surface area contributed by atoms with Gasteiger partial charge in [0.25, 0.3) is 0 Å². The lowest BCUT2D eigenvalue weighted by molar-refractivity contribution is -0.121. The molecule has 1 N–H and O–H groups in total. The molecule has 30 heavy (non-hydrogen) atoms. The van der Waals surface area contributed by atoms with Crippen LogP contribution >= 0.6 is 0 Å². The summed E-state index contributed by atoms with van der Waals surface area (Å²) in [5.41, 5.74) is 2.97. The Kier molecular flexibility index (Phi) is 7.89. The Morgan fingerprint density at radius 3 is 2.47 bits per heavy atom. The number of nitrogens with zero attached hydrogens (tertiary/aromatic N) is 1. The zero-order valence-electron chi connectivity index (χ0n) is 17.5. The van der Waals surface area contributed by atoms with Gasteiger partial charge in [0.2, 0.25) is 5.91 Å². The molecule has 0 fully saturated rings. The lowest BCUT2D eigenvalue weighted by Gasteiger charge is -2.06. The number of nitrogens with one attached hydrogen (secondary N) is 1. The summed E-state index contributed by atoms with van der Waals surface area (Å²) >= 11 is 0. The van der Waals surface area contributed by atoms with E-state index < -0.39 is 0 Å². The van der Waals surface area contributed by atoms with E-state index in [1.165, 1.54) is 5.56 Å². The van der Waals surface area contributed by atoms with Gasteiger partial charge in [-0.05, 0) is 68.1 Å². The summed E-state index contributed by atoms with van der Waals surface area (Å²) in [5, 5.41) is 7.08. The molecule has 0 atom stereocenters. The molecule has 0 aliphatic rings. The van der Waals surface area contributed by atoms with Crippen LogP contribution in [0.2, 0.25) is 0 Å². The average Bonchev–Trinajstić information content (AvgIpc) is 3.24. The van der Waals surface area contributed by atoms with Crippen molar-refractivity contribution in [3.8, 4) is 22.8 Å². The molecule has 1 heterocycles. The number of aromatic nitrogens is 1. The summed E-state index contributed by atoms with van der Waals surface area (Å²) in [7, 11) is 1.64. The zero-order chi connectivity index (χ0) is 21.2. The van der Waals surface area contributed by atoms with Crippen molar-refractivity contribution in [3.05, 3.63) is 65.9 Å². The minimum Gasteiger partial charge on any atom is -0.497 e. The molecule has 6 nitrogen and oxygen atoms in total.